The average Bonchev–Trinajstić information content (AvgIpc) is 2.98. The summed E-state index contributed by atoms with van der Waals surface area (Å²) in [5, 5.41) is 27.5. The van der Waals surface area contributed by atoms with Crippen LogP contribution < -0.4 is 9.64 Å². The van der Waals surface area contributed by atoms with Crippen LogP contribution in [0.3, 0.4) is 0 Å². The lowest BCUT2D eigenvalue weighted by Gasteiger charge is -2.14. The summed E-state index contributed by atoms with van der Waals surface area (Å²) >= 11 is 1.29. The first-order valence-electron chi connectivity index (χ1n) is 7.31. The van der Waals surface area contributed by atoms with Crippen LogP contribution in [0.25, 0.3) is 0 Å². The highest BCUT2D eigenvalue weighted by Crippen LogP contribution is 2.28. The number of rotatable bonds is 4. The number of benzene rings is 2. The Hall–Kier alpha value is -3.00. The zero-order valence-electron chi connectivity index (χ0n) is 13.3. The molecule has 1 amide bonds. The van der Waals surface area contributed by atoms with Crippen molar-refractivity contribution in [2.24, 2.45) is 10.2 Å². The van der Waals surface area contributed by atoms with Crippen LogP contribution in [0.4, 0.5) is 5.69 Å². The molecule has 0 spiro atoms. The van der Waals surface area contributed by atoms with Crippen LogP contribution in [0.2, 0.25) is 0 Å². The number of amidine groups is 1. The van der Waals surface area contributed by atoms with Crippen molar-refractivity contribution in [2.45, 2.75) is 0 Å². The van der Waals surface area contributed by atoms with Gasteiger partial charge in [-0.3, -0.25) is 9.69 Å². The van der Waals surface area contributed by atoms with Crippen LogP contribution in [-0.2, 0) is 4.79 Å². The molecular formula is C17H15N3O4S. The van der Waals surface area contributed by atoms with Crippen LogP contribution in [0.1, 0.15) is 5.56 Å². The van der Waals surface area contributed by atoms with Crippen molar-refractivity contribution in [3.8, 4) is 17.2 Å². The molecule has 7 nitrogen and oxygen atoms in total. The number of ether oxygens (including phenoxy) is 1. The fourth-order valence-electron chi connectivity index (χ4n) is 2.21. The summed E-state index contributed by atoms with van der Waals surface area (Å²) in [6, 6.07) is 11.1. The van der Waals surface area contributed by atoms with Gasteiger partial charge in [0.15, 0.2) is 16.7 Å². The smallest absolute Gasteiger partial charge is 0.243 e. The largest absolute Gasteiger partial charge is 0.508 e. The molecule has 1 fully saturated rings. The second-order valence-electron chi connectivity index (χ2n) is 5.09. The van der Waals surface area contributed by atoms with E-state index in [1.54, 1.807) is 24.3 Å². The molecule has 0 radical (unpaired) electrons. The molecule has 0 saturated carbocycles. The van der Waals surface area contributed by atoms with E-state index in [9.17, 15) is 15.0 Å². The van der Waals surface area contributed by atoms with Crippen LogP contribution >= 0.6 is 11.8 Å². The van der Waals surface area contributed by atoms with E-state index < -0.39 is 0 Å². The van der Waals surface area contributed by atoms with E-state index in [4.69, 9.17) is 4.74 Å². The molecular weight excluding hydrogens is 342 g/mol. The van der Waals surface area contributed by atoms with Gasteiger partial charge in [-0.2, -0.15) is 5.10 Å². The number of thioether (sulfide) groups is 1. The Morgan fingerprint density at radius 1 is 1.20 bits per heavy atom. The number of phenols is 2. The summed E-state index contributed by atoms with van der Waals surface area (Å²) in [6.07, 6.45) is 1.51. The number of anilines is 1. The lowest BCUT2D eigenvalue weighted by molar-refractivity contribution is -0.115. The number of methoxy groups -OCH3 is 1. The molecule has 8 heteroatoms. The molecule has 2 aromatic carbocycles. The number of amides is 1. The number of hydrogen-bond donors (Lipinski definition) is 2. The van der Waals surface area contributed by atoms with Gasteiger partial charge >= 0.3 is 0 Å². The summed E-state index contributed by atoms with van der Waals surface area (Å²) in [5.74, 6) is 0.688. The average molecular weight is 357 g/mol. The van der Waals surface area contributed by atoms with Crippen LogP contribution in [0.5, 0.6) is 17.2 Å². The van der Waals surface area contributed by atoms with Crippen LogP contribution in [0, 0.1) is 0 Å². The monoisotopic (exact) mass is 357 g/mol. The molecule has 2 aromatic rings. The fraction of sp³-hybridized carbons (Fsp3) is 0.118. The summed E-state index contributed by atoms with van der Waals surface area (Å²) in [4.78, 5) is 13.5. The maximum Gasteiger partial charge on any atom is 0.243 e. The minimum Gasteiger partial charge on any atom is -0.508 e. The van der Waals surface area contributed by atoms with E-state index in [-0.39, 0.29) is 23.2 Å². The van der Waals surface area contributed by atoms with E-state index in [1.807, 2.05) is 0 Å². The number of aromatic hydroxyl groups is 2. The highest BCUT2D eigenvalue weighted by molar-refractivity contribution is 8.15. The first-order valence-corrected chi connectivity index (χ1v) is 8.30. The molecule has 1 saturated heterocycles. The third-order valence-corrected chi connectivity index (χ3v) is 4.34. The summed E-state index contributed by atoms with van der Waals surface area (Å²) in [5.41, 5.74) is 1.32. The van der Waals surface area contributed by atoms with Gasteiger partial charge in [-0.05, 0) is 48.0 Å². The van der Waals surface area contributed by atoms with Crippen molar-refractivity contribution in [1.29, 1.82) is 0 Å². The summed E-state index contributed by atoms with van der Waals surface area (Å²) < 4.78 is 5.04. The molecule has 0 unspecified atom stereocenters. The highest BCUT2D eigenvalue weighted by atomic mass is 32.2. The molecule has 2 N–H and O–H groups in total. The quantitative estimate of drug-likeness (QED) is 0.648. The molecule has 128 valence electrons. The number of hydrogen-bond acceptors (Lipinski definition) is 7. The standard InChI is InChI=1S/C17H15N3O4S/c1-24-15-8-11(2-7-14(15)22)9-18-19-17-20(16(23)10-25-17)12-3-5-13(21)6-4-12/h2-9,21-22H,10H2,1H3/b18-9-,19-17-. The van der Waals surface area contributed by atoms with Crippen molar-refractivity contribution in [1.82, 2.24) is 0 Å². The number of phenolic OH excluding ortho intramolecular Hbond substituents is 2. The van der Waals surface area contributed by atoms with Gasteiger partial charge < -0.3 is 14.9 Å². The first kappa shape index (κ1) is 16.8. The van der Waals surface area contributed by atoms with Crippen molar-refractivity contribution in [3.63, 3.8) is 0 Å². The predicted molar refractivity (Wildman–Crippen MR) is 97.7 cm³/mol. The Kier molecular flexibility index (Phi) is 4.90. The molecule has 0 bridgehead atoms. The van der Waals surface area contributed by atoms with Crippen molar-refractivity contribution < 1.29 is 19.7 Å². The maximum absolute atomic E-state index is 12.1. The summed E-state index contributed by atoms with van der Waals surface area (Å²) in [7, 11) is 1.46. The van der Waals surface area contributed by atoms with E-state index in [1.165, 1.54) is 48.2 Å². The Morgan fingerprint density at radius 2 is 1.96 bits per heavy atom. The number of nitrogens with zero attached hydrogens (tertiary/aromatic N) is 3. The predicted octanol–water partition coefficient (Wildman–Crippen LogP) is 2.58. The van der Waals surface area contributed by atoms with Gasteiger partial charge in [0.2, 0.25) is 5.91 Å². The Morgan fingerprint density at radius 3 is 2.68 bits per heavy atom. The van der Waals surface area contributed by atoms with Gasteiger partial charge in [0.05, 0.1) is 24.8 Å². The third-order valence-electron chi connectivity index (χ3n) is 3.43. The van der Waals surface area contributed by atoms with Gasteiger partial charge in [0.1, 0.15) is 5.75 Å². The lowest BCUT2D eigenvalue weighted by atomic mass is 10.2. The topological polar surface area (TPSA) is 94.7 Å². The van der Waals surface area contributed by atoms with Gasteiger partial charge in [0, 0.05) is 0 Å². The van der Waals surface area contributed by atoms with Gasteiger partial charge in [0.25, 0.3) is 0 Å². The molecule has 0 aromatic heterocycles. The van der Waals surface area contributed by atoms with E-state index >= 15 is 0 Å². The zero-order valence-corrected chi connectivity index (χ0v) is 14.1. The molecule has 25 heavy (non-hydrogen) atoms. The van der Waals surface area contributed by atoms with Gasteiger partial charge in [-0.25, -0.2) is 0 Å². The van der Waals surface area contributed by atoms with Crippen molar-refractivity contribution in [2.75, 3.05) is 17.8 Å². The van der Waals surface area contributed by atoms with Gasteiger partial charge in [-0.15, -0.1) is 5.10 Å². The fourth-order valence-corrected chi connectivity index (χ4v) is 3.03. The minimum absolute atomic E-state index is 0.0430. The zero-order chi connectivity index (χ0) is 17.8. The third kappa shape index (κ3) is 3.74. The molecule has 1 aliphatic heterocycles. The Bertz CT molecular complexity index is 849. The first-order chi connectivity index (χ1) is 12.1. The molecule has 0 atom stereocenters. The van der Waals surface area contributed by atoms with Crippen LogP contribution in [-0.4, -0.2) is 40.4 Å². The van der Waals surface area contributed by atoms with Crippen molar-refractivity contribution in [3.05, 3.63) is 48.0 Å². The van der Waals surface area contributed by atoms with Gasteiger partial charge in [-0.1, -0.05) is 11.8 Å². The molecule has 3 rings (SSSR count). The maximum atomic E-state index is 12.1. The second-order valence-corrected chi connectivity index (χ2v) is 6.04. The lowest BCUT2D eigenvalue weighted by Crippen LogP contribution is -2.28. The van der Waals surface area contributed by atoms with E-state index in [0.29, 0.717) is 22.2 Å². The van der Waals surface area contributed by atoms with E-state index in [2.05, 4.69) is 10.2 Å². The molecule has 1 heterocycles. The highest BCUT2D eigenvalue weighted by Gasteiger charge is 2.29. The normalized spacial score (nSPS) is 16.1. The Labute approximate surface area is 148 Å². The van der Waals surface area contributed by atoms with Crippen molar-refractivity contribution >= 4 is 34.7 Å². The Balaban J connectivity index is 1.82. The second kappa shape index (κ2) is 7.27. The van der Waals surface area contributed by atoms with E-state index in [0.717, 1.165) is 0 Å². The number of carbonyl (C=O) groups excluding carboxylic acids is 1. The van der Waals surface area contributed by atoms with Crippen LogP contribution in [0.15, 0.2) is 52.7 Å². The molecule has 1 aliphatic rings. The SMILES string of the molecule is COc1cc(/C=N\N=C2/SCC(=O)N2c2ccc(O)cc2)ccc1O. The molecule has 0 aliphatic carbocycles. The summed E-state index contributed by atoms with van der Waals surface area (Å²) in [6.45, 7) is 0. The minimum atomic E-state index is -0.101. The number of carbonyl (C=O) groups is 1.